The third-order valence-corrected chi connectivity index (χ3v) is 6.66. The topological polar surface area (TPSA) is 63.7 Å². The molecule has 0 radical (unpaired) electrons. The Kier molecular flexibility index (Phi) is 6.52. The van der Waals surface area contributed by atoms with Gasteiger partial charge in [0.15, 0.2) is 0 Å². The van der Waals surface area contributed by atoms with Crippen molar-refractivity contribution in [3.63, 3.8) is 0 Å². The van der Waals surface area contributed by atoms with Crippen LogP contribution in [0, 0.1) is 0 Å². The summed E-state index contributed by atoms with van der Waals surface area (Å²) in [6.45, 7) is 1.11. The van der Waals surface area contributed by atoms with Gasteiger partial charge in [-0.25, -0.2) is 13.2 Å². The quantitative estimate of drug-likeness (QED) is 0.694. The van der Waals surface area contributed by atoms with Gasteiger partial charge in [0, 0.05) is 18.1 Å². The maximum Gasteiger partial charge on any atom is 0.338 e. The Morgan fingerprint density at radius 1 is 1.00 bits per heavy atom. The van der Waals surface area contributed by atoms with Gasteiger partial charge >= 0.3 is 5.97 Å². The fraction of sp³-hybridized carbons (Fsp3) is 0.350. The second kappa shape index (κ2) is 8.87. The lowest BCUT2D eigenvalue weighted by Gasteiger charge is -2.20. The van der Waals surface area contributed by atoms with E-state index in [4.69, 9.17) is 16.3 Å². The van der Waals surface area contributed by atoms with Crippen LogP contribution in [-0.2, 0) is 21.4 Å². The Hall–Kier alpha value is -1.89. The zero-order valence-corrected chi connectivity index (χ0v) is 16.5. The number of halogens is 1. The lowest BCUT2D eigenvalue weighted by atomic mass is 10.2. The van der Waals surface area contributed by atoms with Crippen molar-refractivity contribution in [2.75, 3.05) is 13.1 Å². The van der Waals surface area contributed by atoms with Crippen LogP contribution in [-0.4, -0.2) is 31.8 Å². The normalized spacial score (nSPS) is 15.9. The molecule has 7 heteroatoms. The summed E-state index contributed by atoms with van der Waals surface area (Å²) >= 11 is 5.92. The molecule has 0 atom stereocenters. The summed E-state index contributed by atoms with van der Waals surface area (Å²) in [6, 6.07) is 13.1. The molecule has 1 heterocycles. The average molecular weight is 408 g/mol. The Balaban J connectivity index is 1.73. The van der Waals surface area contributed by atoms with E-state index in [1.54, 1.807) is 36.4 Å². The Morgan fingerprint density at radius 2 is 1.70 bits per heavy atom. The summed E-state index contributed by atoms with van der Waals surface area (Å²) in [5.74, 6) is -0.567. The molecule has 5 nitrogen and oxygen atoms in total. The second-order valence-corrected chi connectivity index (χ2v) is 8.93. The number of hydrogen-bond donors (Lipinski definition) is 0. The molecule has 0 bridgehead atoms. The smallest absolute Gasteiger partial charge is 0.338 e. The highest BCUT2D eigenvalue weighted by Crippen LogP contribution is 2.21. The molecule has 0 aromatic heterocycles. The lowest BCUT2D eigenvalue weighted by Crippen LogP contribution is -2.32. The molecule has 1 saturated heterocycles. The molecule has 0 amide bonds. The van der Waals surface area contributed by atoms with E-state index in [1.807, 2.05) is 0 Å². The standard InChI is InChI=1S/C20H22ClNO4S/c21-18-9-5-7-16(13-18)15-26-20(23)17-8-6-10-19(14-17)27(24,25)22-11-3-1-2-4-12-22/h5-10,13-14H,1-4,11-12,15H2. The number of carbonyl (C=O) groups is 1. The fourth-order valence-corrected chi connectivity index (χ4v) is 4.85. The van der Waals surface area contributed by atoms with Crippen LogP contribution in [0.4, 0.5) is 0 Å². The number of sulfonamides is 1. The molecule has 27 heavy (non-hydrogen) atoms. The van der Waals surface area contributed by atoms with Crippen LogP contribution in [0.1, 0.15) is 41.6 Å². The summed E-state index contributed by atoms with van der Waals surface area (Å²) in [7, 11) is -3.61. The molecule has 0 aliphatic carbocycles. The van der Waals surface area contributed by atoms with Gasteiger partial charge in [0.2, 0.25) is 10.0 Å². The number of nitrogens with zero attached hydrogens (tertiary/aromatic N) is 1. The van der Waals surface area contributed by atoms with Gasteiger partial charge in [-0.1, -0.05) is 42.6 Å². The first-order chi connectivity index (χ1) is 13.0. The van der Waals surface area contributed by atoms with E-state index in [0.29, 0.717) is 18.1 Å². The summed E-state index contributed by atoms with van der Waals surface area (Å²) in [6.07, 6.45) is 3.81. The van der Waals surface area contributed by atoms with Crippen LogP contribution in [0.25, 0.3) is 0 Å². The van der Waals surface area contributed by atoms with Crippen molar-refractivity contribution in [2.24, 2.45) is 0 Å². The number of hydrogen-bond acceptors (Lipinski definition) is 4. The summed E-state index contributed by atoms with van der Waals surface area (Å²) < 4.78 is 32.6. The van der Waals surface area contributed by atoms with Crippen molar-refractivity contribution < 1.29 is 17.9 Å². The van der Waals surface area contributed by atoms with E-state index in [1.165, 1.54) is 16.4 Å². The third-order valence-electron chi connectivity index (χ3n) is 4.53. The van der Waals surface area contributed by atoms with Gasteiger partial charge in [-0.2, -0.15) is 4.31 Å². The maximum atomic E-state index is 12.9. The van der Waals surface area contributed by atoms with Crippen LogP contribution in [0.2, 0.25) is 5.02 Å². The minimum absolute atomic E-state index is 0.0719. The first-order valence-electron chi connectivity index (χ1n) is 8.98. The molecule has 0 saturated carbocycles. The SMILES string of the molecule is O=C(OCc1cccc(Cl)c1)c1cccc(S(=O)(=O)N2CCCCCC2)c1. The molecule has 3 rings (SSSR count). The molecule has 144 valence electrons. The van der Waals surface area contributed by atoms with Gasteiger partial charge in [0.05, 0.1) is 10.5 Å². The summed E-state index contributed by atoms with van der Waals surface area (Å²) in [4.78, 5) is 12.5. The van der Waals surface area contributed by atoms with Gasteiger partial charge in [-0.15, -0.1) is 0 Å². The van der Waals surface area contributed by atoms with E-state index < -0.39 is 16.0 Å². The van der Waals surface area contributed by atoms with Crippen molar-refractivity contribution in [1.82, 2.24) is 4.31 Å². The van der Waals surface area contributed by atoms with Gasteiger partial charge in [-0.05, 0) is 48.7 Å². The highest BCUT2D eigenvalue weighted by molar-refractivity contribution is 7.89. The molecule has 0 unspecified atom stereocenters. The minimum Gasteiger partial charge on any atom is -0.457 e. The average Bonchev–Trinajstić information content (AvgIpc) is 2.96. The number of carbonyl (C=O) groups excluding carboxylic acids is 1. The highest BCUT2D eigenvalue weighted by Gasteiger charge is 2.26. The van der Waals surface area contributed by atoms with E-state index in [-0.39, 0.29) is 17.1 Å². The van der Waals surface area contributed by atoms with Gasteiger partial charge < -0.3 is 4.74 Å². The van der Waals surface area contributed by atoms with Gasteiger partial charge in [0.1, 0.15) is 6.61 Å². The van der Waals surface area contributed by atoms with Crippen molar-refractivity contribution in [2.45, 2.75) is 37.2 Å². The zero-order chi connectivity index (χ0) is 19.3. The van der Waals surface area contributed by atoms with Crippen molar-refractivity contribution in [1.29, 1.82) is 0 Å². The first kappa shape index (κ1) is 19.9. The number of esters is 1. The van der Waals surface area contributed by atoms with Crippen molar-refractivity contribution >= 4 is 27.6 Å². The van der Waals surface area contributed by atoms with Crippen LogP contribution in [0.3, 0.4) is 0 Å². The summed E-state index contributed by atoms with van der Waals surface area (Å²) in [5.41, 5.74) is 0.983. The van der Waals surface area contributed by atoms with Crippen molar-refractivity contribution in [3.8, 4) is 0 Å². The van der Waals surface area contributed by atoms with E-state index in [9.17, 15) is 13.2 Å². The van der Waals surface area contributed by atoms with Crippen LogP contribution in [0.5, 0.6) is 0 Å². The molecule has 2 aromatic rings. The molecule has 2 aromatic carbocycles. The number of rotatable bonds is 5. The van der Waals surface area contributed by atoms with E-state index in [2.05, 4.69) is 0 Å². The fourth-order valence-electron chi connectivity index (χ4n) is 3.07. The Labute approximate surface area is 165 Å². The molecule has 1 fully saturated rings. The molecular formula is C20H22ClNO4S. The predicted molar refractivity (Wildman–Crippen MR) is 104 cm³/mol. The lowest BCUT2D eigenvalue weighted by molar-refractivity contribution is 0.0472. The van der Waals surface area contributed by atoms with Gasteiger partial charge in [-0.3, -0.25) is 0 Å². The minimum atomic E-state index is -3.61. The number of ether oxygens (including phenoxy) is 1. The van der Waals surface area contributed by atoms with Crippen LogP contribution >= 0.6 is 11.6 Å². The third kappa shape index (κ3) is 5.09. The Morgan fingerprint density at radius 3 is 2.41 bits per heavy atom. The maximum absolute atomic E-state index is 12.9. The van der Waals surface area contributed by atoms with Crippen LogP contribution < -0.4 is 0 Å². The highest BCUT2D eigenvalue weighted by atomic mass is 35.5. The molecule has 1 aliphatic heterocycles. The Bertz CT molecular complexity index is 906. The van der Waals surface area contributed by atoms with Crippen molar-refractivity contribution in [3.05, 3.63) is 64.7 Å². The molecular weight excluding hydrogens is 386 g/mol. The summed E-state index contributed by atoms with van der Waals surface area (Å²) in [5, 5.41) is 0.564. The second-order valence-electron chi connectivity index (χ2n) is 6.55. The molecule has 0 N–H and O–H groups in total. The largest absolute Gasteiger partial charge is 0.457 e. The molecule has 0 spiro atoms. The van der Waals surface area contributed by atoms with Gasteiger partial charge in [0.25, 0.3) is 0 Å². The predicted octanol–water partition coefficient (Wildman–Crippen LogP) is 4.26. The monoisotopic (exact) mass is 407 g/mol. The van der Waals surface area contributed by atoms with E-state index in [0.717, 1.165) is 31.2 Å². The number of benzene rings is 2. The van der Waals surface area contributed by atoms with Crippen LogP contribution in [0.15, 0.2) is 53.4 Å². The first-order valence-corrected chi connectivity index (χ1v) is 10.8. The van der Waals surface area contributed by atoms with E-state index >= 15 is 0 Å². The molecule has 1 aliphatic rings. The zero-order valence-electron chi connectivity index (χ0n) is 14.9.